The van der Waals surface area contributed by atoms with Crippen LogP contribution in [0.1, 0.15) is 24.0 Å². The lowest BCUT2D eigenvalue weighted by Crippen LogP contribution is -2.34. The Morgan fingerprint density at radius 2 is 1.85 bits per heavy atom. The van der Waals surface area contributed by atoms with E-state index in [-0.39, 0.29) is 42.3 Å². The summed E-state index contributed by atoms with van der Waals surface area (Å²) in [5, 5.41) is 7.61. The van der Waals surface area contributed by atoms with Gasteiger partial charge < -0.3 is 5.32 Å². The summed E-state index contributed by atoms with van der Waals surface area (Å²) in [6, 6.07) is 5.00. The first kappa shape index (κ1) is 18.6. The van der Waals surface area contributed by atoms with Crippen LogP contribution >= 0.6 is 0 Å². The molecule has 0 bridgehead atoms. The summed E-state index contributed by atoms with van der Waals surface area (Å²) in [4.78, 5) is 27.6. The van der Waals surface area contributed by atoms with Crippen molar-refractivity contribution in [2.45, 2.75) is 19.3 Å². The van der Waals surface area contributed by atoms with E-state index in [0.717, 1.165) is 17.1 Å². The van der Waals surface area contributed by atoms with Crippen molar-refractivity contribution in [1.29, 1.82) is 0 Å². The number of amides is 2. The van der Waals surface area contributed by atoms with Gasteiger partial charge in [0.1, 0.15) is 11.5 Å². The first-order valence-electron chi connectivity index (χ1n) is 8.07. The molecule has 0 fully saturated rings. The topological polar surface area (TPSA) is 74.7 Å². The van der Waals surface area contributed by atoms with Gasteiger partial charge in [0.2, 0.25) is 5.91 Å². The number of carbonyl (C=O) groups excluding carboxylic acids is 2. The predicted octanol–water partition coefficient (Wildman–Crippen LogP) is 2.64. The summed E-state index contributed by atoms with van der Waals surface area (Å²) in [6.07, 6.45) is 2.04. The Morgan fingerprint density at radius 1 is 1.15 bits per heavy atom. The number of halogens is 3. The third kappa shape index (κ3) is 4.30. The molecule has 6 nitrogen and oxygen atoms in total. The van der Waals surface area contributed by atoms with Gasteiger partial charge in [-0.05, 0) is 35.7 Å². The van der Waals surface area contributed by atoms with E-state index in [1.54, 1.807) is 6.07 Å². The molecule has 0 unspecified atom stereocenters. The Morgan fingerprint density at radius 3 is 2.44 bits per heavy atom. The molecule has 2 heterocycles. The van der Waals surface area contributed by atoms with E-state index in [2.05, 4.69) is 15.4 Å². The maximum absolute atomic E-state index is 13.3. The van der Waals surface area contributed by atoms with Crippen molar-refractivity contribution >= 4 is 23.3 Å². The number of hydrogen-bond acceptors (Lipinski definition) is 4. The molecule has 0 radical (unpaired) electrons. The molecule has 3 rings (SSSR count). The minimum absolute atomic E-state index is 0.148. The summed E-state index contributed by atoms with van der Waals surface area (Å²) < 4.78 is 39.5. The molecular weight excluding hydrogens is 361 g/mol. The van der Waals surface area contributed by atoms with Gasteiger partial charge in [0, 0.05) is 26.1 Å². The Labute approximate surface area is 152 Å². The summed E-state index contributed by atoms with van der Waals surface area (Å²) in [5.74, 6) is -4.37. The number of pyridine rings is 1. The zero-order chi connectivity index (χ0) is 19.6. The van der Waals surface area contributed by atoms with E-state index < -0.39 is 23.4 Å². The Balaban J connectivity index is 1.66. The number of aromatic nitrogens is 1. The summed E-state index contributed by atoms with van der Waals surface area (Å²) >= 11 is 0. The second kappa shape index (κ2) is 7.56. The number of hydrogen-bond donors (Lipinski definition) is 1. The average molecular weight is 376 g/mol. The van der Waals surface area contributed by atoms with Gasteiger partial charge in [0.25, 0.3) is 5.91 Å². The van der Waals surface area contributed by atoms with Gasteiger partial charge in [-0.25, -0.2) is 23.2 Å². The smallest absolute Gasteiger partial charge is 0.273 e. The van der Waals surface area contributed by atoms with E-state index in [0.29, 0.717) is 5.56 Å². The van der Waals surface area contributed by atoms with Gasteiger partial charge >= 0.3 is 0 Å². The molecule has 140 valence electrons. The maximum Gasteiger partial charge on any atom is 0.273 e. The van der Waals surface area contributed by atoms with Crippen LogP contribution in [0.25, 0.3) is 0 Å². The fraction of sp³-hybridized carbons (Fsp3) is 0.222. The van der Waals surface area contributed by atoms with Crippen LogP contribution in [-0.2, 0) is 16.0 Å². The van der Waals surface area contributed by atoms with Crippen LogP contribution in [-0.4, -0.2) is 34.6 Å². The zero-order valence-corrected chi connectivity index (χ0v) is 14.3. The lowest BCUT2D eigenvalue weighted by molar-refractivity contribution is -0.130. The Hall–Kier alpha value is -3.23. The minimum atomic E-state index is -1.51. The van der Waals surface area contributed by atoms with E-state index in [1.165, 1.54) is 19.3 Å². The first-order valence-corrected chi connectivity index (χ1v) is 8.07. The summed E-state index contributed by atoms with van der Waals surface area (Å²) in [6.45, 7) is 0. The lowest BCUT2D eigenvalue weighted by Gasteiger charge is -2.18. The number of carbonyl (C=O) groups is 2. The highest BCUT2D eigenvalue weighted by Crippen LogP contribution is 2.17. The average Bonchev–Trinajstić information content (AvgIpc) is 2.63. The van der Waals surface area contributed by atoms with Gasteiger partial charge in [-0.2, -0.15) is 5.10 Å². The molecular formula is C18H15F3N4O2. The summed E-state index contributed by atoms with van der Waals surface area (Å²) in [7, 11) is 1.48. The van der Waals surface area contributed by atoms with E-state index >= 15 is 0 Å². The zero-order valence-electron chi connectivity index (χ0n) is 14.3. The maximum atomic E-state index is 13.3. The van der Waals surface area contributed by atoms with Crippen LogP contribution in [0.15, 0.2) is 35.6 Å². The molecule has 0 atom stereocenters. The molecule has 1 aromatic heterocycles. The van der Waals surface area contributed by atoms with Crippen LogP contribution in [0.3, 0.4) is 0 Å². The fourth-order valence-corrected chi connectivity index (χ4v) is 2.57. The van der Waals surface area contributed by atoms with Crippen molar-refractivity contribution in [2.24, 2.45) is 5.10 Å². The predicted molar refractivity (Wildman–Crippen MR) is 91.4 cm³/mol. The third-order valence-corrected chi connectivity index (χ3v) is 3.99. The minimum Gasteiger partial charge on any atom is -0.305 e. The molecule has 0 saturated heterocycles. The SMILES string of the molecule is CN1N=C(C(=O)Nc2ccc(Cc3cc(F)c(F)c(F)c3)cn2)CCC1=O. The van der Waals surface area contributed by atoms with Gasteiger partial charge in [-0.3, -0.25) is 9.59 Å². The van der Waals surface area contributed by atoms with Gasteiger partial charge in [-0.1, -0.05) is 6.07 Å². The van der Waals surface area contributed by atoms with Crippen molar-refractivity contribution in [3.63, 3.8) is 0 Å². The van der Waals surface area contributed by atoms with Crippen molar-refractivity contribution in [3.8, 4) is 0 Å². The molecule has 9 heteroatoms. The molecule has 0 saturated carbocycles. The van der Waals surface area contributed by atoms with E-state index in [4.69, 9.17) is 0 Å². The molecule has 1 aromatic carbocycles. The van der Waals surface area contributed by atoms with E-state index in [1.807, 2.05) is 0 Å². The van der Waals surface area contributed by atoms with Crippen LogP contribution in [0.5, 0.6) is 0 Å². The van der Waals surface area contributed by atoms with Crippen molar-refractivity contribution in [3.05, 3.63) is 59.0 Å². The molecule has 27 heavy (non-hydrogen) atoms. The van der Waals surface area contributed by atoms with Crippen molar-refractivity contribution in [2.75, 3.05) is 12.4 Å². The second-order valence-corrected chi connectivity index (χ2v) is 6.02. The Kier molecular flexibility index (Phi) is 5.20. The molecule has 0 spiro atoms. The van der Waals surface area contributed by atoms with Gasteiger partial charge in [0.15, 0.2) is 17.5 Å². The number of benzene rings is 1. The number of hydrazone groups is 1. The molecule has 1 aliphatic heterocycles. The van der Waals surface area contributed by atoms with Crippen LogP contribution in [0, 0.1) is 17.5 Å². The third-order valence-electron chi connectivity index (χ3n) is 3.99. The highest BCUT2D eigenvalue weighted by Gasteiger charge is 2.22. The number of rotatable bonds is 4. The van der Waals surface area contributed by atoms with Gasteiger partial charge in [-0.15, -0.1) is 0 Å². The van der Waals surface area contributed by atoms with Crippen LogP contribution in [0.2, 0.25) is 0 Å². The highest BCUT2D eigenvalue weighted by molar-refractivity contribution is 6.43. The highest BCUT2D eigenvalue weighted by atomic mass is 19.2. The number of anilines is 1. The lowest BCUT2D eigenvalue weighted by atomic mass is 10.1. The quantitative estimate of drug-likeness (QED) is 0.834. The van der Waals surface area contributed by atoms with Crippen LogP contribution < -0.4 is 5.32 Å². The molecule has 1 N–H and O–H groups in total. The molecule has 1 aliphatic rings. The fourth-order valence-electron chi connectivity index (χ4n) is 2.57. The molecule has 2 amide bonds. The molecule has 0 aliphatic carbocycles. The van der Waals surface area contributed by atoms with E-state index in [9.17, 15) is 22.8 Å². The van der Waals surface area contributed by atoms with Crippen LogP contribution in [0.4, 0.5) is 19.0 Å². The van der Waals surface area contributed by atoms with Crippen molar-refractivity contribution < 1.29 is 22.8 Å². The Bertz CT molecular complexity index is 906. The second-order valence-electron chi connectivity index (χ2n) is 6.02. The standard InChI is InChI=1S/C18H15F3N4O2/c1-25-16(26)5-3-14(24-25)18(27)23-15-4-2-10(9-22-15)6-11-7-12(19)17(21)13(20)8-11/h2,4,7-9H,3,5-6H2,1H3,(H,22,23,27). The first-order chi connectivity index (χ1) is 12.8. The largest absolute Gasteiger partial charge is 0.305 e. The number of nitrogens with zero attached hydrogens (tertiary/aromatic N) is 3. The normalized spacial score (nSPS) is 14.1. The van der Waals surface area contributed by atoms with Gasteiger partial charge in [0.05, 0.1) is 0 Å². The molecule has 2 aromatic rings. The monoisotopic (exact) mass is 376 g/mol. The van der Waals surface area contributed by atoms with Crippen molar-refractivity contribution in [1.82, 2.24) is 9.99 Å². The number of nitrogens with one attached hydrogen (secondary N) is 1. The summed E-state index contributed by atoms with van der Waals surface area (Å²) in [5.41, 5.74) is 1.10.